The molecule has 7 heteroatoms. The summed E-state index contributed by atoms with van der Waals surface area (Å²) < 4.78 is 26.3. The molecule has 6 nitrogen and oxygen atoms in total. The van der Waals surface area contributed by atoms with Gasteiger partial charge in [0.05, 0.1) is 11.7 Å². The Kier molecular flexibility index (Phi) is 4.69. The zero-order valence-corrected chi connectivity index (χ0v) is 11.1. The normalized spacial score (nSPS) is 13.0. The van der Waals surface area contributed by atoms with Crippen LogP contribution >= 0.6 is 0 Å². The van der Waals surface area contributed by atoms with Crippen molar-refractivity contribution >= 4 is 21.6 Å². The quantitative estimate of drug-likeness (QED) is 0.660. The molecule has 100 valence electrons. The number of hydrogen-bond donors (Lipinski definition) is 3. The fraction of sp³-hybridized carbons (Fsp3) is 0.364. The van der Waals surface area contributed by atoms with Gasteiger partial charge in [0.25, 0.3) is 0 Å². The summed E-state index contributed by atoms with van der Waals surface area (Å²) in [6.07, 6.45) is 0. The van der Waals surface area contributed by atoms with Gasteiger partial charge in [-0.15, -0.1) is 0 Å². The van der Waals surface area contributed by atoms with E-state index in [2.05, 4.69) is 10.0 Å². The second-order valence-electron chi connectivity index (χ2n) is 3.78. The molecule has 1 aromatic rings. The minimum atomic E-state index is -3.79. The van der Waals surface area contributed by atoms with Crippen molar-refractivity contribution in [2.75, 3.05) is 12.3 Å². The van der Waals surface area contributed by atoms with Gasteiger partial charge in [-0.3, -0.25) is 4.79 Å². The summed E-state index contributed by atoms with van der Waals surface area (Å²) in [5, 5.41) is 2.54. The van der Waals surface area contributed by atoms with Crippen LogP contribution in [0.15, 0.2) is 29.2 Å². The first-order valence-corrected chi connectivity index (χ1v) is 7.01. The van der Waals surface area contributed by atoms with Gasteiger partial charge in [0, 0.05) is 6.54 Å². The Bertz CT molecular complexity index is 528. The van der Waals surface area contributed by atoms with Crippen molar-refractivity contribution in [1.82, 2.24) is 10.0 Å². The monoisotopic (exact) mass is 271 g/mol. The first kappa shape index (κ1) is 14.5. The number of rotatable bonds is 5. The van der Waals surface area contributed by atoms with Gasteiger partial charge in [0.2, 0.25) is 15.9 Å². The van der Waals surface area contributed by atoms with Crippen molar-refractivity contribution in [3.05, 3.63) is 24.3 Å². The molecule has 1 rings (SSSR count). The zero-order chi connectivity index (χ0) is 13.8. The third-order valence-corrected chi connectivity index (χ3v) is 3.90. The van der Waals surface area contributed by atoms with Crippen molar-refractivity contribution < 1.29 is 13.2 Å². The summed E-state index contributed by atoms with van der Waals surface area (Å²) in [5.74, 6) is -0.379. The summed E-state index contributed by atoms with van der Waals surface area (Å²) in [6.45, 7) is 3.67. The van der Waals surface area contributed by atoms with Gasteiger partial charge in [0.1, 0.15) is 4.90 Å². The number of para-hydroxylation sites is 1. The van der Waals surface area contributed by atoms with Gasteiger partial charge in [0.15, 0.2) is 0 Å². The number of amides is 1. The van der Waals surface area contributed by atoms with Crippen molar-refractivity contribution in [1.29, 1.82) is 0 Å². The van der Waals surface area contributed by atoms with Crippen LogP contribution in [-0.4, -0.2) is 26.9 Å². The lowest BCUT2D eigenvalue weighted by molar-refractivity contribution is -0.122. The molecule has 1 unspecified atom stereocenters. The summed E-state index contributed by atoms with van der Waals surface area (Å²) in [5.41, 5.74) is 5.74. The van der Waals surface area contributed by atoms with Crippen molar-refractivity contribution in [3.8, 4) is 0 Å². The van der Waals surface area contributed by atoms with Crippen molar-refractivity contribution in [2.45, 2.75) is 24.8 Å². The number of nitrogen functional groups attached to an aromatic ring is 1. The van der Waals surface area contributed by atoms with Gasteiger partial charge in [-0.1, -0.05) is 12.1 Å². The summed E-state index contributed by atoms with van der Waals surface area (Å²) in [7, 11) is -3.79. The predicted molar refractivity (Wildman–Crippen MR) is 69.3 cm³/mol. The highest BCUT2D eigenvalue weighted by Crippen LogP contribution is 2.17. The standard InChI is InChI=1S/C11H17N3O3S/c1-3-13-11(15)8(2)14-18(16,17)10-7-5-4-6-9(10)12/h4-8,14H,3,12H2,1-2H3,(H,13,15). The maximum absolute atomic E-state index is 12.0. The van der Waals surface area contributed by atoms with Crippen LogP contribution in [0.2, 0.25) is 0 Å². The first-order valence-electron chi connectivity index (χ1n) is 5.53. The van der Waals surface area contributed by atoms with Gasteiger partial charge >= 0.3 is 0 Å². The highest BCUT2D eigenvalue weighted by Gasteiger charge is 2.22. The largest absolute Gasteiger partial charge is 0.398 e. The Morgan fingerprint density at radius 1 is 1.39 bits per heavy atom. The number of anilines is 1. The Morgan fingerprint density at radius 3 is 2.56 bits per heavy atom. The van der Waals surface area contributed by atoms with Crippen LogP contribution in [0, 0.1) is 0 Å². The third kappa shape index (κ3) is 3.44. The lowest BCUT2D eigenvalue weighted by Gasteiger charge is -2.14. The summed E-state index contributed by atoms with van der Waals surface area (Å²) >= 11 is 0. The molecule has 0 spiro atoms. The third-order valence-electron chi connectivity index (χ3n) is 2.28. The fourth-order valence-electron chi connectivity index (χ4n) is 1.40. The number of carbonyl (C=O) groups excluding carboxylic acids is 1. The summed E-state index contributed by atoms with van der Waals surface area (Å²) in [6, 6.07) is 5.24. The summed E-state index contributed by atoms with van der Waals surface area (Å²) in [4.78, 5) is 11.4. The number of likely N-dealkylation sites (N-methyl/N-ethyl adjacent to an activating group) is 1. The van der Waals surface area contributed by atoms with Gasteiger partial charge < -0.3 is 11.1 Å². The Hall–Kier alpha value is -1.60. The van der Waals surface area contributed by atoms with E-state index in [9.17, 15) is 13.2 Å². The number of nitrogens with two attached hydrogens (primary N) is 1. The van der Waals surface area contributed by atoms with Crippen LogP contribution < -0.4 is 15.8 Å². The van der Waals surface area contributed by atoms with E-state index in [1.807, 2.05) is 0 Å². The average molecular weight is 271 g/mol. The minimum Gasteiger partial charge on any atom is -0.398 e. The number of hydrogen-bond acceptors (Lipinski definition) is 4. The molecule has 0 saturated carbocycles. The van der Waals surface area contributed by atoms with Gasteiger partial charge in [-0.05, 0) is 26.0 Å². The smallest absolute Gasteiger partial charge is 0.243 e. The Balaban J connectivity index is 2.90. The molecular formula is C11H17N3O3S. The van der Waals surface area contributed by atoms with Crippen LogP contribution in [0.25, 0.3) is 0 Å². The number of sulfonamides is 1. The van der Waals surface area contributed by atoms with Gasteiger partial charge in [-0.25, -0.2) is 8.42 Å². The van der Waals surface area contributed by atoms with E-state index in [4.69, 9.17) is 5.73 Å². The average Bonchev–Trinajstić information content (AvgIpc) is 2.29. The Morgan fingerprint density at radius 2 is 2.00 bits per heavy atom. The molecular weight excluding hydrogens is 254 g/mol. The van der Waals surface area contributed by atoms with Crippen LogP contribution in [0.3, 0.4) is 0 Å². The molecule has 0 heterocycles. The molecule has 0 aliphatic heterocycles. The molecule has 1 atom stereocenters. The van der Waals surface area contributed by atoms with E-state index < -0.39 is 16.1 Å². The SMILES string of the molecule is CCNC(=O)C(C)NS(=O)(=O)c1ccccc1N. The molecule has 0 aliphatic carbocycles. The van der Waals surface area contributed by atoms with Gasteiger partial charge in [-0.2, -0.15) is 4.72 Å². The second-order valence-corrected chi connectivity index (χ2v) is 5.46. The van der Waals surface area contributed by atoms with E-state index in [1.54, 1.807) is 19.1 Å². The maximum atomic E-state index is 12.0. The zero-order valence-electron chi connectivity index (χ0n) is 10.3. The molecule has 0 radical (unpaired) electrons. The molecule has 0 fully saturated rings. The molecule has 4 N–H and O–H groups in total. The first-order chi connectivity index (χ1) is 8.38. The van der Waals surface area contributed by atoms with Crippen LogP contribution in [0.5, 0.6) is 0 Å². The highest BCUT2D eigenvalue weighted by molar-refractivity contribution is 7.89. The van der Waals surface area contributed by atoms with Crippen LogP contribution in [0.4, 0.5) is 5.69 Å². The molecule has 1 aromatic carbocycles. The van der Waals surface area contributed by atoms with E-state index in [-0.39, 0.29) is 16.5 Å². The van der Waals surface area contributed by atoms with Crippen LogP contribution in [-0.2, 0) is 14.8 Å². The fourth-order valence-corrected chi connectivity index (χ4v) is 2.74. The molecule has 0 bridgehead atoms. The van der Waals surface area contributed by atoms with E-state index in [1.165, 1.54) is 19.1 Å². The number of carbonyl (C=O) groups is 1. The molecule has 1 amide bonds. The lowest BCUT2D eigenvalue weighted by Crippen LogP contribution is -2.44. The maximum Gasteiger partial charge on any atom is 0.243 e. The van der Waals surface area contributed by atoms with Crippen molar-refractivity contribution in [3.63, 3.8) is 0 Å². The molecule has 0 aromatic heterocycles. The van der Waals surface area contributed by atoms with E-state index in [0.717, 1.165) is 0 Å². The number of nitrogens with one attached hydrogen (secondary N) is 2. The topological polar surface area (TPSA) is 101 Å². The highest BCUT2D eigenvalue weighted by atomic mass is 32.2. The molecule has 18 heavy (non-hydrogen) atoms. The molecule has 0 saturated heterocycles. The second kappa shape index (κ2) is 5.83. The van der Waals surface area contributed by atoms with Crippen molar-refractivity contribution in [2.24, 2.45) is 0 Å². The van der Waals surface area contributed by atoms with Crippen LogP contribution in [0.1, 0.15) is 13.8 Å². The molecule has 0 aliphatic rings. The minimum absolute atomic E-state index is 0.0267. The number of benzene rings is 1. The lowest BCUT2D eigenvalue weighted by atomic mass is 10.3. The predicted octanol–water partition coefficient (Wildman–Crippen LogP) is 0.0717. The van der Waals surface area contributed by atoms with E-state index in [0.29, 0.717) is 6.54 Å². The Labute approximate surface area is 107 Å². The van der Waals surface area contributed by atoms with E-state index >= 15 is 0 Å².